The summed E-state index contributed by atoms with van der Waals surface area (Å²) in [5.41, 5.74) is 0.865. The van der Waals surface area contributed by atoms with Crippen LogP contribution in [-0.2, 0) is 7.05 Å². The molecule has 84 valence electrons. The summed E-state index contributed by atoms with van der Waals surface area (Å²) >= 11 is 7.32. The number of rotatable bonds is 3. The predicted molar refractivity (Wildman–Crippen MR) is 65.3 cm³/mol. The van der Waals surface area contributed by atoms with Crippen molar-refractivity contribution in [2.24, 2.45) is 7.05 Å². The number of aryl methyl sites for hydroxylation is 1. The maximum Gasteiger partial charge on any atom is 0.190 e. The van der Waals surface area contributed by atoms with E-state index in [1.807, 2.05) is 19.5 Å². The van der Waals surface area contributed by atoms with E-state index in [9.17, 15) is 0 Å². The number of halogens is 1. The van der Waals surface area contributed by atoms with Gasteiger partial charge in [-0.1, -0.05) is 23.4 Å². The number of nitrogens with zero attached hydrogens (tertiary/aromatic N) is 4. The molecule has 0 aliphatic carbocycles. The highest BCUT2D eigenvalue weighted by atomic mass is 35.5. The lowest BCUT2D eigenvalue weighted by Crippen LogP contribution is -1.95. The second kappa shape index (κ2) is 4.71. The van der Waals surface area contributed by atoms with E-state index in [4.69, 9.17) is 11.6 Å². The van der Waals surface area contributed by atoms with E-state index in [2.05, 4.69) is 20.4 Å². The maximum absolute atomic E-state index is 5.87. The lowest BCUT2D eigenvalue weighted by molar-refractivity contribution is 0.768. The molecule has 0 atom stereocenters. The molecule has 2 aromatic rings. The van der Waals surface area contributed by atoms with Crippen LogP contribution in [0, 0.1) is 0 Å². The van der Waals surface area contributed by atoms with Crippen molar-refractivity contribution in [3.63, 3.8) is 0 Å². The predicted octanol–water partition coefficient (Wildman–Crippen LogP) is 2.33. The first-order chi connectivity index (χ1) is 7.67. The van der Waals surface area contributed by atoms with Crippen LogP contribution < -0.4 is 5.32 Å². The Bertz CT molecular complexity index is 498. The molecule has 0 saturated carbocycles. The highest BCUT2D eigenvalue weighted by Crippen LogP contribution is 2.20. The van der Waals surface area contributed by atoms with Crippen molar-refractivity contribution in [2.45, 2.75) is 5.16 Å². The minimum Gasteiger partial charge on any atom is -0.337 e. The second-order valence-corrected chi connectivity index (χ2v) is 4.25. The molecule has 0 bridgehead atoms. The molecule has 2 rings (SSSR count). The fourth-order valence-corrected chi connectivity index (χ4v) is 1.80. The molecular weight excluding hydrogens is 246 g/mol. The average molecular weight is 256 g/mol. The summed E-state index contributed by atoms with van der Waals surface area (Å²) in [4.78, 5) is 8.33. The van der Waals surface area contributed by atoms with Gasteiger partial charge in [-0.05, 0) is 6.26 Å². The number of hydrogen-bond acceptors (Lipinski definition) is 5. The van der Waals surface area contributed by atoms with Crippen molar-refractivity contribution in [3.8, 4) is 0 Å². The van der Waals surface area contributed by atoms with Crippen LogP contribution in [0.1, 0.15) is 0 Å². The smallest absolute Gasteiger partial charge is 0.190 e. The monoisotopic (exact) mass is 255 g/mol. The molecule has 0 aliphatic heterocycles. The zero-order valence-electron chi connectivity index (χ0n) is 8.81. The van der Waals surface area contributed by atoms with Crippen LogP contribution in [0.4, 0.5) is 11.5 Å². The first-order valence-corrected chi connectivity index (χ1v) is 6.12. The molecule has 0 aromatic carbocycles. The van der Waals surface area contributed by atoms with Crippen molar-refractivity contribution >= 4 is 34.9 Å². The van der Waals surface area contributed by atoms with Gasteiger partial charge in [0, 0.05) is 19.3 Å². The third-order valence-corrected chi connectivity index (χ3v) is 2.58. The van der Waals surface area contributed by atoms with Gasteiger partial charge in [-0.3, -0.25) is 4.68 Å². The quantitative estimate of drug-likeness (QED) is 0.518. The first kappa shape index (κ1) is 11.2. The Morgan fingerprint density at radius 2 is 2.25 bits per heavy atom. The van der Waals surface area contributed by atoms with Gasteiger partial charge in [0.25, 0.3) is 0 Å². The number of nitrogens with one attached hydrogen (secondary N) is 1. The molecule has 0 aliphatic rings. The highest BCUT2D eigenvalue weighted by Gasteiger charge is 2.03. The SMILES string of the molecule is CSc1nc(Cl)cc(Nc2cnn(C)c2)n1. The van der Waals surface area contributed by atoms with Crippen molar-refractivity contribution in [1.29, 1.82) is 0 Å². The normalized spacial score (nSPS) is 10.4. The van der Waals surface area contributed by atoms with Crippen molar-refractivity contribution in [3.05, 3.63) is 23.6 Å². The summed E-state index contributed by atoms with van der Waals surface area (Å²) in [5, 5.41) is 8.22. The molecule has 2 aromatic heterocycles. The maximum atomic E-state index is 5.87. The van der Waals surface area contributed by atoms with Crippen molar-refractivity contribution < 1.29 is 0 Å². The van der Waals surface area contributed by atoms with Crippen LogP contribution in [0.25, 0.3) is 0 Å². The lowest BCUT2D eigenvalue weighted by Gasteiger charge is -2.04. The highest BCUT2D eigenvalue weighted by molar-refractivity contribution is 7.98. The number of aromatic nitrogens is 4. The summed E-state index contributed by atoms with van der Waals surface area (Å²) in [5.74, 6) is 0.664. The summed E-state index contributed by atoms with van der Waals surface area (Å²) in [7, 11) is 1.85. The Morgan fingerprint density at radius 3 is 2.88 bits per heavy atom. The molecule has 5 nitrogen and oxygen atoms in total. The Kier molecular flexibility index (Phi) is 3.31. The van der Waals surface area contributed by atoms with E-state index in [1.165, 1.54) is 11.8 Å². The number of anilines is 2. The topological polar surface area (TPSA) is 55.6 Å². The van der Waals surface area contributed by atoms with E-state index in [-0.39, 0.29) is 0 Å². The van der Waals surface area contributed by atoms with Gasteiger partial charge in [0.15, 0.2) is 5.16 Å². The molecular formula is C9H10ClN5S. The Morgan fingerprint density at radius 1 is 1.44 bits per heavy atom. The molecule has 7 heteroatoms. The van der Waals surface area contributed by atoms with E-state index >= 15 is 0 Å². The van der Waals surface area contributed by atoms with Gasteiger partial charge in [0.05, 0.1) is 11.9 Å². The fourth-order valence-electron chi connectivity index (χ4n) is 1.19. The van der Waals surface area contributed by atoms with Gasteiger partial charge >= 0.3 is 0 Å². The third kappa shape index (κ3) is 2.65. The summed E-state index contributed by atoms with van der Waals surface area (Å²) in [6, 6.07) is 1.67. The van der Waals surface area contributed by atoms with Gasteiger partial charge in [-0.2, -0.15) is 5.10 Å². The Balaban J connectivity index is 2.24. The van der Waals surface area contributed by atoms with E-state index in [1.54, 1.807) is 16.9 Å². The molecule has 0 radical (unpaired) electrons. The van der Waals surface area contributed by atoms with Crippen LogP contribution in [0.3, 0.4) is 0 Å². The van der Waals surface area contributed by atoms with Crippen molar-refractivity contribution in [1.82, 2.24) is 19.7 Å². The van der Waals surface area contributed by atoms with Crippen molar-refractivity contribution in [2.75, 3.05) is 11.6 Å². The zero-order valence-corrected chi connectivity index (χ0v) is 10.4. The number of thioether (sulfide) groups is 1. The minimum atomic E-state index is 0.422. The van der Waals surface area contributed by atoms with Crippen LogP contribution in [0.15, 0.2) is 23.6 Å². The molecule has 0 amide bonds. The lowest BCUT2D eigenvalue weighted by atomic mass is 10.5. The summed E-state index contributed by atoms with van der Waals surface area (Å²) in [6.45, 7) is 0. The van der Waals surface area contributed by atoms with Gasteiger partial charge < -0.3 is 5.32 Å². The Labute approximate surface area is 102 Å². The van der Waals surface area contributed by atoms with Gasteiger partial charge in [-0.15, -0.1) is 0 Å². The van der Waals surface area contributed by atoms with Crippen LogP contribution in [0.2, 0.25) is 5.15 Å². The third-order valence-electron chi connectivity index (χ3n) is 1.83. The molecule has 16 heavy (non-hydrogen) atoms. The second-order valence-electron chi connectivity index (χ2n) is 3.09. The van der Waals surface area contributed by atoms with Crippen LogP contribution in [-0.4, -0.2) is 26.0 Å². The molecule has 1 N–H and O–H groups in total. The standard InChI is InChI=1S/C9H10ClN5S/c1-15-5-6(4-11-15)12-8-3-7(10)13-9(14-8)16-2/h3-5H,1-2H3,(H,12,13,14). The summed E-state index contributed by atoms with van der Waals surface area (Å²) in [6.07, 6.45) is 5.48. The minimum absolute atomic E-state index is 0.422. The number of hydrogen-bond donors (Lipinski definition) is 1. The summed E-state index contributed by atoms with van der Waals surface area (Å²) < 4.78 is 1.71. The Hall–Kier alpha value is -1.27. The van der Waals surface area contributed by atoms with Gasteiger partial charge in [0.2, 0.25) is 0 Å². The molecule has 0 unspecified atom stereocenters. The first-order valence-electron chi connectivity index (χ1n) is 4.51. The molecule has 0 spiro atoms. The van der Waals surface area contributed by atoms with Crippen LogP contribution in [0.5, 0.6) is 0 Å². The van der Waals surface area contributed by atoms with E-state index in [0.717, 1.165) is 5.69 Å². The zero-order chi connectivity index (χ0) is 11.5. The molecule has 0 fully saturated rings. The largest absolute Gasteiger partial charge is 0.337 e. The van der Waals surface area contributed by atoms with Gasteiger partial charge in [0.1, 0.15) is 11.0 Å². The molecule has 2 heterocycles. The fraction of sp³-hybridized carbons (Fsp3) is 0.222. The van der Waals surface area contributed by atoms with Gasteiger partial charge in [-0.25, -0.2) is 9.97 Å². The van der Waals surface area contributed by atoms with E-state index in [0.29, 0.717) is 16.1 Å². The van der Waals surface area contributed by atoms with E-state index < -0.39 is 0 Å². The molecule has 0 saturated heterocycles. The average Bonchev–Trinajstić information content (AvgIpc) is 2.63. The van der Waals surface area contributed by atoms with Crippen LogP contribution >= 0.6 is 23.4 Å².